The molecule has 0 aliphatic carbocycles. The van der Waals surface area contributed by atoms with Gasteiger partial charge in [0.15, 0.2) is 0 Å². The Morgan fingerprint density at radius 1 is 1.37 bits per heavy atom. The number of nitrogens with zero attached hydrogens (tertiary/aromatic N) is 2. The van der Waals surface area contributed by atoms with E-state index in [-0.39, 0.29) is 6.04 Å². The zero-order valence-corrected chi connectivity index (χ0v) is 11.7. The van der Waals surface area contributed by atoms with E-state index < -0.39 is 0 Å². The van der Waals surface area contributed by atoms with E-state index in [1.165, 1.54) is 0 Å². The van der Waals surface area contributed by atoms with Crippen molar-refractivity contribution in [1.29, 1.82) is 5.26 Å². The summed E-state index contributed by atoms with van der Waals surface area (Å²) in [5.74, 6) is 0. The highest BCUT2D eigenvalue weighted by molar-refractivity contribution is 5.70. The van der Waals surface area contributed by atoms with Crippen LogP contribution >= 0.6 is 0 Å². The van der Waals surface area contributed by atoms with Crippen LogP contribution in [0.5, 0.6) is 0 Å². The minimum atomic E-state index is 0.176. The lowest BCUT2D eigenvalue weighted by molar-refractivity contribution is 0.171. The first-order valence-electron chi connectivity index (χ1n) is 6.18. The van der Waals surface area contributed by atoms with Gasteiger partial charge in [0.25, 0.3) is 0 Å². The van der Waals surface area contributed by atoms with E-state index >= 15 is 0 Å². The van der Waals surface area contributed by atoms with Crippen LogP contribution in [0.15, 0.2) is 18.2 Å². The van der Waals surface area contributed by atoms with Crippen LogP contribution in [0, 0.1) is 11.3 Å². The quantitative estimate of drug-likeness (QED) is 0.757. The maximum Gasteiger partial charge on any atom is 0.0992 e. The molecule has 1 rings (SSSR count). The van der Waals surface area contributed by atoms with Gasteiger partial charge < -0.3 is 20.1 Å². The summed E-state index contributed by atoms with van der Waals surface area (Å²) in [5.41, 5.74) is 8.09. The lowest BCUT2D eigenvalue weighted by Crippen LogP contribution is -2.39. The summed E-state index contributed by atoms with van der Waals surface area (Å²) in [6.07, 6.45) is 0. The summed E-state index contributed by atoms with van der Waals surface area (Å²) in [4.78, 5) is 2.13. The van der Waals surface area contributed by atoms with E-state index in [4.69, 9.17) is 20.5 Å². The van der Waals surface area contributed by atoms with Crippen molar-refractivity contribution in [3.63, 3.8) is 0 Å². The molecule has 0 bridgehead atoms. The van der Waals surface area contributed by atoms with Gasteiger partial charge in [0.2, 0.25) is 0 Å². The minimum absolute atomic E-state index is 0.176. The smallest absolute Gasteiger partial charge is 0.0992 e. The standard InChI is InChI=1S/C14H21N3O2/c1-11(10-19-3)17(6-7-18-2)14-5-4-12(9-15)8-13(14)16/h4-5,8,11H,6-7,10,16H2,1-3H3. The fraction of sp³-hybridized carbons (Fsp3) is 0.500. The van der Waals surface area contributed by atoms with Crippen molar-refractivity contribution in [1.82, 2.24) is 0 Å². The second-order valence-electron chi connectivity index (χ2n) is 4.38. The third-order valence-electron chi connectivity index (χ3n) is 2.94. The minimum Gasteiger partial charge on any atom is -0.397 e. The molecule has 1 aromatic carbocycles. The third kappa shape index (κ3) is 4.12. The zero-order valence-electron chi connectivity index (χ0n) is 11.7. The predicted molar refractivity (Wildman–Crippen MR) is 76.1 cm³/mol. The second-order valence-corrected chi connectivity index (χ2v) is 4.38. The Morgan fingerprint density at radius 3 is 2.63 bits per heavy atom. The van der Waals surface area contributed by atoms with E-state index in [1.807, 2.05) is 6.07 Å². The molecule has 1 atom stereocenters. The van der Waals surface area contributed by atoms with Crippen LogP contribution in [0.4, 0.5) is 11.4 Å². The molecule has 0 saturated heterocycles. The first-order chi connectivity index (χ1) is 9.13. The number of ether oxygens (including phenoxy) is 2. The Bertz CT molecular complexity index is 443. The van der Waals surface area contributed by atoms with Gasteiger partial charge in [0.05, 0.1) is 36.2 Å². The average molecular weight is 263 g/mol. The van der Waals surface area contributed by atoms with Gasteiger partial charge >= 0.3 is 0 Å². The van der Waals surface area contributed by atoms with E-state index in [9.17, 15) is 0 Å². The number of nitrogen functional groups attached to an aromatic ring is 1. The topological polar surface area (TPSA) is 71.5 Å². The van der Waals surface area contributed by atoms with Crippen LogP contribution in [0.2, 0.25) is 0 Å². The van der Waals surface area contributed by atoms with E-state index in [1.54, 1.807) is 26.4 Å². The Balaban J connectivity index is 2.99. The molecule has 2 N–H and O–H groups in total. The average Bonchev–Trinajstić information content (AvgIpc) is 2.40. The van der Waals surface area contributed by atoms with Gasteiger partial charge in [-0.05, 0) is 25.1 Å². The number of rotatable bonds is 7. The Kier molecular flexibility index (Phi) is 6.13. The molecule has 0 amide bonds. The molecule has 0 radical (unpaired) electrons. The van der Waals surface area contributed by atoms with Gasteiger partial charge in [-0.25, -0.2) is 0 Å². The summed E-state index contributed by atoms with van der Waals surface area (Å²) in [6.45, 7) is 3.99. The highest BCUT2D eigenvalue weighted by Crippen LogP contribution is 2.26. The van der Waals surface area contributed by atoms with Gasteiger partial charge in [-0.15, -0.1) is 0 Å². The number of hydrogen-bond donors (Lipinski definition) is 1. The molecule has 5 nitrogen and oxygen atoms in total. The van der Waals surface area contributed by atoms with Gasteiger partial charge in [0, 0.05) is 26.8 Å². The molecule has 0 fully saturated rings. The summed E-state index contributed by atoms with van der Waals surface area (Å²) in [5, 5.41) is 8.87. The molecular formula is C14H21N3O2. The Labute approximate surface area is 114 Å². The SMILES string of the molecule is COCCN(c1ccc(C#N)cc1N)C(C)COC. The maximum absolute atomic E-state index is 8.87. The van der Waals surface area contributed by atoms with Gasteiger partial charge in [-0.3, -0.25) is 0 Å². The maximum atomic E-state index is 8.87. The molecule has 0 saturated carbocycles. The van der Waals surface area contributed by atoms with Crippen molar-refractivity contribution >= 4 is 11.4 Å². The number of hydrogen-bond acceptors (Lipinski definition) is 5. The van der Waals surface area contributed by atoms with Crippen LogP contribution in [-0.2, 0) is 9.47 Å². The number of nitriles is 1. The lowest BCUT2D eigenvalue weighted by Gasteiger charge is -2.31. The fourth-order valence-corrected chi connectivity index (χ4v) is 1.98. The van der Waals surface area contributed by atoms with Gasteiger partial charge in [0.1, 0.15) is 0 Å². The van der Waals surface area contributed by atoms with Crippen LogP contribution in [-0.4, -0.2) is 40.0 Å². The van der Waals surface area contributed by atoms with Gasteiger partial charge in [-0.2, -0.15) is 5.26 Å². The molecule has 0 heterocycles. The largest absolute Gasteiger partial charge is 0.397 e. The lowest BCUT2D eigenvalue weighted by atomic mass is 10.1. The molecule has 0 aliphatic heterocycles. The van der Waals surface area contributed by atoms with E-state index in [0.29, 0.717) is 24.5 Å². The molecule has 5 heteroatoms. The van der Waals surface area contributed by atoms with E-state index in [0.717, 1.165) is 12.2 Å². The molecule has 1 unspecified atom stereocenters. The molecule has 104 valence electrons. The van der Waals surface area contributed by atoms with Crippen molar-refractivity contribution in [3.05, 3.63) is 23.8 Å². The van der Waals surface area contributed by atoms with Gasteiger partial charge in [-0.1, -0.05) is 0 Å². The third-order valence-corrected chi connectivity index (χ3v) is 2.94. The molecular weight excluding hydrogens is 242 g/mol. The van der Waals surface area contributed by atoms with Crippen LogP contribution < -0.4 is 10.6 Å². The predicted octanol–water partition coefficient (Wildman–Crippen LogP) is 1.63. The molecule has 0 spiro atoms. The normalized spacial score (nSPS) is 11.9. The monoisotopic (exact) mass is 263 g/mol. The highest BCUT2D eigenvalue weighted by Gasteiger charge is 2.16. The van der Waals surface area contributed by atoms with Crippen molar-refractivity contribution in [3.8, 4) is 6.07 Å². The van der Waals surface area contributed by atoms with Crippen molar-refractivity contribution in [2.24, 2.45) is 0 Å². The summed E-state index contributed by atoms with van der Waals surface area (Å²) < 4.78 is 10.3. The Hall–Kier alpha value is -1.77. The Morgan fingerprint density at radius 2 is 2.11 bits per heavy atom. The second kappa shape index (κ2) is 7.62. The van der Waals surface area contributed by atoms with Crippen molar-refractivity contribution in [2.75, 3.05) is 44.6 Å². The van der Waals surface area contributed by atoms with Crippen molar-refractivity contribution in [2.45, 2.75) is 13.0 Å². The number of methoxy groups -OCH3 is 2. The van der Waals surface area contributed by atoms with Crippen molar-refractivity contribution < 1.29 is 9.47 Å². The summed E-state index contributed by atoms with van der Waals surface area (Å²) >= 11 is 0. The fourth-order valence-electron chi connectivity index (χ4n) is 1.98. The zero-order chi connectivity index (χ0) is 14.3. The first-order valence-corrected chi connectivity index (χ1v) is 6.18. The molecule has 0 aromatic heterocycles. The first kappa shape index (κ1) is 15.3. The molecule has 19 heavy (non-hydrogen) atoms. The number of benzene rings is 1. The van der Waals surface area contributed by atoms with Crippen LogP contribution in [0.3, 0.4) is 0 Å². The highest BCUT2D eigenvalue weighted by atomic mass is 16.5. The number of nitrogens with two attached hydrogens (primary N) is 1. The molecule has 1 aromatic rings. The summed E-state index contributed by atoms with van der Waals surface area (Å²) in [6, 6.07) is 7.59. The van der Waals surface area contributed by atoms with Crippen LogP contribution in [0.25, 0.3) is 0 Å². The number of anilines is 2. The van der Waals surface area contributed by atoms with E-state index in [2.05, 4.69) is 17.9 Å². The molecule has 0 aliphatic rings. The van der Waals surface area contributed by atoms with Crippen LogP contribution in [0.1, 0.15) is 12.5 Å². The summed E-state index contributed by atoms with van der Waals surface area (Å²) in [7, 11) is 3.34.